The average molecular weight is 359 g/mol. The first-order chi connectivity index (χ1) is 12.2. The quantitative estimate of drug-likeness (QED) is 0.655. The molecule has 134 valence electrons. The van der Waals surface area contributed by atoms with Crippen LogP contribution < -0.4 is 14.8 Å². The zero-order chi connectivity index (χ0) is 18.1. The van der Waals surface area contributed by atoms with E-state index in [1.807, 2.05) is 62.6 Å². The molecular weight excluding hydrogens is 334 g/mol. The molecular formula is C20H25NO3S. The van der Waals surface area contributed by atoms with Crippen molar-refractivity contribution in [3.05, 3.63) is 48.0 Å². The summed E-state index contributed by atoms with van der Waals surface area (Å²) >= 11 is 1.62. The molecule has 2 aromatic carbocycles. The standard InChI is InChI=1S/C20H25NO3S/c1-4-23-17-12-10-15(14-18(17)24-5-2)11-13-20(22)21-16-8-6-7-9-19(16)25-3/h6-10,12,14H,4-5,11,13H2,1-3H3,(H,21,22). The van der Waals surface area contributed by atoms with Crippen molar-refractivity contribution in [3.8, 4) is 11.5 Å². The molecule has 0 heterocycles. The molecule has 0 aliphatic heterocycles. The summed E-state index contributed by atoms with van der Waals surface area (Å²) in [4.78, 5) is 13.3. The smallest absolute Gasteiger partial charge is 0.224 e. The zero-order valence-electron chi connectivity index (χ0n) is 15.0. The summed E-state index contributed by atoms with van der Waals surface area (Å²) < 4.78 is 11.2. The van der Waals surface area contributed by atoms with E-state index in [1.54, 1.807) is 11.8 Å². The minimum Gasteiger partial charge on any atom is -0.490 e. The molecule has 0 aliphatic rings. The highest BCUT2D eigenvalue weighted by molar-refractivity contribution is 7.98. The van der Waals surface area contributed by atoms with Crippen LogP contribution in [-0.2, 0) is 11.2 Å². The van der Waals surface area contributed by atoms with Crippen LogP contribution in [0.3, 0.4) is 0 Å². The van der Waals surface area contributed by atoms with Crippen LogP contribution >= 0.6 is 11.8 Å². The largest absolute Gasteiger partial charge is 0.490 e. The second kappa shape index (κ2) is 9.99. The number of carbonyl (C=O) groups is 1. The fourth-order valence-corrected chi connectivity index (χ4v) is 3.02. The van der Waals surface area contributed by atoms with Crippen molar-refractivity contribution in [2.75, 3.05) is 24.8 Å². The number of para-hydroxylation sites is 1. The monoisotopic (exact) mass is 359 g/mol. The van der Waals surface area contributed by atoms with Crippen molar-refractivity contribution in [1.29, 1.82) is 0 Å². The number of benzene rings is 2. The molecule has 0 spiro atoms. The molecule has 0 unspecified atom stereocenters. The van der Waals surface area contributed by atoms with E-state index in [-0.39, 0.29) is 5.91 Å². The first kappa shape index (κ1) is 19.2. The maximum Gasteiger partial charge on any atom is 0.224 e. The summed E-state index contributed by atoms with van der Waals surface area (Å²) in [5.41, 5.74) is 1.92. The lowest BCUT2D eigenvalue weighted by atomic mass is 10.1. The average Bonchev–Trinajstić information content (AvgIpc) is 2.62. The maximum atomic E-state index is 12.3. The van der Waals surface area contributed by atoms with Gasteiger partial charge in [-0.2, -0.15) is 0 Å². The number of hydrogen-bond acceptors (Lipinski definition) is 4. The number of rotatable bonds is 9. The van der Waals surface area contributed by atoms with E-state index < -0.39 is 0 Å². The van der Waals surface area contributed by atoms with Crippen LogP contribution in [0.4, 0.5) is 5.69 Å². The molecule has 25 heavy (non-hydrogen) atoms. The van der Waals surface area contributed by atoms with Gasteiger partial charge in [-0.05, 0) is 56.4 Å². The van der Waals surface area contributed by atoms with Gasteiger partial charge in [0.05, 0.1) is 18.9 Å². The number of nitrogens with one attached hydrogen (secondary N) is 1. The number of amides is 1. The van der Waals surface area contributed by atoms with E-state index in [0.29, 0.717) is 26.1 Å². The summed E-state index contributed by atoms with van der Waals surface area (Å²) in [6, 6.07) is 13.7. The molecule has 0 fully saturated rings. The first-order valence-electron chi connectivity index (χ1n) is 8.49. The Bertz CT molecular complexity index is 703. The molecule has 0 aliphatic carbocycles. The van der Waals surface area contributed by atoms with Crippen molar-refractivity contribution in [3.63, 3.8) is 0 Å². The van der Waals surface area contributed by atoms with Gasteiger partial charge in [0.25, 0.3) is 0 Å². The summed E-state index contributed by atoms with van der Waals surface area (Å²) in [6.07, 6.45) is 3.07. The zero-order valence-corrected chi connectivity index (χ0v) is 15.8. The predicted molar refractivity (Wildman–Crippen MR) is 104 cm³/mol. The van der Waals surface area contributed by atoms with Crippen LogP contribution in [0.5, 0.6) is 11.5 Å². The van der Waals surface area contributed by atoms with Crippen LogP contribution in [0, 0.1) is 0 Å². The van der Waals surface area contributed by atoms with E-state index in [1.165, 1.54) is 0 Å². The van der Waals surface area contributed by atoms with Crippen molar-refractivity contribution in [2.45, 2.75) is 31.6 Å². The Labute approximate surface area is 153 Å². The topological polar surface area (TPSA) is 47.6 Å². The number of aryl methyl sites for hydroxylation is 1. The van der Waals surface area contributed by atoms with Crippen LogP contribution in [0.2, 0.25) is 0 Å². The lowest BCUT2D eigenvalue weighted by Crippen LogP contribution is -2.13. The normalized spacial score (nSPS) is 10.4. The maximum absolute atomic E-state index is 12.3. The van der Waals surface area contributed by atoms with Gasteiger partial charge in [-0.3, -0.25) is 4.79 Å². The van der Waals surface area contributed by atoms with Gasteiger partial charge in [0.15, 0.2) is 11.5 Å². The van der Waals surface area contributed by atoms with E-state index in [0.717, 1.165) is 27.6 Å². The third-order valence-electron chi connectivity index (χ3n) is 3.63. The second-order valence-corrected chi connectivity index (χ2v) is 6.24. The Morgan fingerprint density at radius 2 is 1.76 bits per heavy atom. The molecule has 4 nitrogen and oxygen atoms in total. The van der Waals surface area contributed by atoms with Gasteiger partial charge in [0.2, 0.25) is 5.91 Å². The van der Waals surface area contributed by atoms with Crippen molar-refractivity contribution < 1.29 is 14.3 Å². The fraction of sp³-hybridized carbons (Fsp3) is 0.350. The van der Waals surface area contributed by atoms with E-state index in [2.05, 4.69) is 5.32 Å². The van der Waals surface area contributed by atoms with Crippen molar-refractivity contribution in [2.24, 2.45) is 0 Å². The highest BCUT2D eigenvalue weighted by Crippen LogP contribution is 2.29. The molecule has 1 amide bonds. The molecule has 0 saturated heterocycles. The van der Waals surface area contributed by atoms with Crippen molar-refractivity contribution in [1.82, 2.24) is 0 Å². The Balaban J connectivity index is 1.98. The number of ether oxygens (including phenoxy) is 2. The molecule has 0 bridgehead atoms. The van der Waals surface area contributed by atoms with Gasteiger partial charge >= 0.3 is 0 Å². The Morgan fingerprint density at radius 3 is 2.48 bits per heavy atom. The number of anilines is 1. The number of thioether (sulfide) groups is 1. The third-order valence-corrected chi connectivity index (χ3v) is 4.43. The van der Waals surface area contributed by atoms with Crippen molar-refractivity contribution >= 4 is 23.4 Å². The Morgan fingerprint density at radius 1 is 1.04 bits per heavy atom. The molecule has 0 atom stereocenters. The van der Waals surface area contributed by atoms with Gasteiger partial charge in [0, 0.05) is 11.3 Å². The van der Waals surface area contributed by atoms with Crippen LogP contribution in [0.15, 0.2) is 47.4 Å². The summed E-state index contributed by atoms with van der Waals surface area (Å²) in [5.74, 6) is 1.48. The SMILES string of the molecule is CCOc1ccc(CCC(=O)Nc2ccccc2SC)cc1OCC. The summed E-state index contributed by atoms with van der Waals surface area (Å²) in [6.45, 7) is 5.06. The molecule has 5 heteroatoms. The highest BCUT2D eigenvalue weighted by atomic mass is 32.2. The second-order valence-electron chi connectivity index (χ2n) is 5.40. The molecule has 2 rings (SSSR count). The lowest BCUT2D eigenvalue weighted by Gasteiger charge is -2.13. The lowest BCUT2D eigenvalue weighted by molar-refractivity contribution is -0.116. The number of carbonyl (C=O) groups excluding carboxylic acids is 1. The van der Waals surface area contributed by atoms with Gasteiger partial charge in [-0.1, -0.05) is 18.2 Å². The minimum absolute atomic E-state index is 0.00773. The van der Waals surface area contributed by atoms with Gasteiger partial charge < -0.3 is 14.8 Å². The van der Waals surface area contributed by atoms with E-state index in [4.69, 9.17) is 9.47 Å². The molecule has 0 aromatic heterocycles. The summed E-state index contributed by atoms with van der Waals surface area (Å²) in [5, 5.41) is 2.99. The Kier molecular flexibility index (Phi) is 7.67. The summed E-state index contributed by atoms with van der Waals surface area (Å²) in [7, 11) is 0. The van der Waals surface area contributed by atoms with Gasteiger partial charge in [-0.15, -0.1) is 11.8 Å². The third kappa shape index (κ3) is 5.71. The van der Waals surface area contributed by atoms with E-state index in [9.17, 15) is 4.79 Å². The van der Waals surface area contributed by atoms with Gasteiger partial charge in [0.1, 0.15) is 0 Å². The van der Waals surface area contributed by atoms with Crippen LogP contribution in [-0.4, -0.2) is 25.4 Å². The Hall–Kier alpha value is -2.14. The van der Waals surface area contributed by atoms with Crippen LogP contribution in [0.25, 0.3) is 0 Å². The molecule has 1 N–H and O–H groups in total. The molecule has 2 aromatic rings. The number of hydrogen-bond donors (Lipinski definition) is 1. The van der Waals surface area contributed by atoms with Gasteiger partial charge in [-0.25, -0.2) is 0 Å². The fourth-order valence-electron chi connectivity index (χ4n) is 2.47. The first-order valence-corrected chi connectivity index (χ1v) is 9.71. The van der Waals surface area contributed by atoms with Crippen LogP contribution in [0.1, 0.15) is 25.8 Å². The van der Waals surface area contributed by atoms with E-state index >= 15 is 0 Å². The predicted octanol–water partition coefficient (Wildman–Crippen LogP) is 4.78. The molecule has 0 radical (unpaired) electrons. The molecule has 0 saturated carbocycles. The minimum atomic E-state index is 0.00773. The highest BCUT2D eigenvalue weighted by Gasteiger charge is 2.09.